The van der Waals surface area contributed by atoms with Crippen molar-refractivity contribution >= 4 is 12.0 Å². The molecule has 8 heteroatoms. The van der Waals surface area contributed by atoms with Crippen molar-refractivity contribution in [3.63, 3.8) is 0 Å². The van der Waals surface area contributed by atoms with E-state index in [1.54, 1.807) is 47.4 Å². The Hall–Kier alpha value is -2.64. The number of urea groups is 1. The third-order valence-electron chi connectivity index (χ3n) is 3.78. The fourth-order valence-electron chi connectivity index (χ4n) is 2.33. The van der Waals surface area contributed by atoms with Gasteiger partial charge in [-0.25, -0.2) is 4.79 Å². The van der Waals surface area contributed by atoms with Crippen LogP contribution in [0.3, 0.4) is 0 Å². The number of ether oxygens (including phenoxy) is 3. The molecular weight excluding hydrogens is 328 g/mol. The zero-order valence-corrected chi connectivity index (χ0v) is 15.3. The first-order valence-electron chi connectivity index (χ1n) is 7.84. The SMILES string of the molecule is COc1cc(OC)c(CCNC(=O)N(C)CC(C)C(=O)O)c(OC)c1. The fraction of sp³-hybridized carbons (Fsp3) is 0.529. The number of amides is 2. The highest BCUT2D eigenvalue weighted by molar-refractivity contribution is 5.75. The molecular formula is C17H26N2O6. The van der Waals surface area contributed by atoms with Gasteiger partial charge in [-0.3, -0.25) is 4.79 Å². The van der Waals surface area contributed by atoms with Crippen molar-refractivity contribution in [1.29, 1.82) is 0 Å². The Bertz CT molecular complexity index is 580. The van der Waals surface area contributed by atoms with E-state index in [-0.39, 0.29) is 12.6 Å². The van der Waals surface area contributed by atoms with Crippen LogP contribution < -0.4 is 19.5 Å². The number of carboxylic acid groups (broad SMARTS) is 1. The molecule has 2 amide bonds. The number of rotatable bonds is 9. The number of carbonyl (C=O) groups excluding carboxylic acids is 1. The number of aliphatic carboxylic acids is 1. The van der Waals surface area contributed by atoms with E-state index < -0.39 is 11.9 Å². The molecule has 2 N–H and O–H groups in total. The van der Waals surface area contributed by atoms with Crippen LogP contribution in [0.4, 0.5) is 4.79 Å². The summed E-state index contributed by atoms with van der Waals surface area (Å²) in [5, 5.41) is 11.7. The Morgan fingerprint density at radius 3 is 2.16 bits per heavy atom. The topological polar surface area (TPSA) is 97.3 Å². The number of nitrogens with one attached hydrogen (secondary N) is 1. The first kappa shape index (κ1) is 20.4. The van der Waals surface area contributed by atoms with Gasteiger partial charge in [0.1, 0.15) is 17.2 Å². The van der Waals surface area contributed by atoms with Crippen LogP contribution in [0.5, 0.6) is 17.2 Å². The maximum absolute atomic E-state index is 12.0. The van der Waals surface area contributed by atoms with E-state index in [0.29, 0.717) is 30.2 Å². The van der Waals surface area contributed by atoms with Crippen LogP contribution in [0.2, 0.25) is 0 Å². The molecule has 8 nitrogen and oxygen atoms in total. The summed E-state index contributed by atoms with van der Waals surface area (Å²) in [5.41, 5.74) is 0.813. The Balaban J connectivity index is 2.69. The van der Waals surface area contributed by atoms with Gasteiger partial charge in [-0.1, -0.05) is 6.92 Å². The number of hydrogen-bond donors (Lipinski definition) is 2. The minimum atomic E-state index is -0.938. The first-order valence-corrected chi connectivity index (χ1v) is 7.84. The summed E-state index contributed by atoms with van der Waals surface area (Å²) >= 11 is 0. The third kappa shape index (κ3) is 5.74. The second kappa shape index (κ2) is 9.61. The molecule has 25 heavy (non-hydrogen) atoms. The van der Waals surface area contributed by atoms with Crippen LogP contribution in [0.25, 0.3) is 0 Å². The van der Waals surface area contributed by atoms with Crippen molar-refractivity contribution in [2.75, 3.05) is 41.5 Å². The summed E-state index contributed by atoms with van der Waals surface area (Å²) in [6.45, 7) is 2.04. The number of carbonyl (C=O) groups is 2. The molecule has 0 radical (unpaired) electrons. The molecule has 0 fully saturated rings. The Morgan fingerprint density at radius 1 is 1.16 bits per heavy atom. The Morgan fingerprint density at radius 2 is 1.72 bits per heavy atom. The molecule has 1 atom stereocenters. The Kier molecular flexibility index (Phi) is 7.84. The van der Waals surface area contributed by atoms with Gasteiger partial charge in [0.15, 0.2) is 0 Å². The minimum absolute atomic E-state index is 0.135. The molecule has 0 aliphatic rings. The fourth-order valence-corrected chi connectivity index (χ4v) is 2.33. The van der Waals surface area contributed by atoms with Crippen molar-refractivity contribution in [3.8, 4) is 17.2 Å². The first-order chi connectivity index (χ1) is 11.8. The monoisotopic (exact) mass is 354 g/mol. The quantitative estimate of drug-likeness (QED) is 0.699. The molecule has 0 spiro atoms. The molecule has 0 heterocycles. The number of nitrogens with zero attached hydrogens (tertiary/aromatic N) is 1. The summed E-state index contributed by atoms with van der Waals surface area (Å²) in [7, 11) is 6.22. The number of benzene rings is 1. The summed E-state index contributed by atoms with van der Waals surface area (Å²) in [5.74, 6) is 0.269. The van der Waals surface area contributed by atoms with Crippen LogP contribution in [0.1, 0.15) is 12.5 Å². The average Bonchev–Trinajstić information content (AvgIpc) is 2.60. The summed E-state index contributed by atoms with van der Waals surface area (Å²) in [4.78, 5) is 24.2. The normalized spacial score (nSPS) is 11.4. The molecule has 0 aliphatic heterocycles. The van der Waals surface area contributed by atoms with Crippen LogP contribution in [-0.2, 0) is 11.2 Å². The molecule has 1 aromatic rings. The zero-order valence-electron chi connectivity index (χ0n) is 15.3. The van der Waals surface area contributed by atoms with Gasteiger partial charge >= 0.3 is 12.0 Å². The lowest BCUT2D eigenvalue weighted by Gasteiger charge is -2.20. The number of methoxy groups -OCH3 is 3. The van der Waals surface area contributed by atoms with E-state index in [1.165, 1.54) is 4.90 Å². The highest BCUT2D eigenvalue weighted by Crippen LogP contribution is 2.34. The number of hydrogen-bond acceptors (Lipinski definition) is 5. The second-order valence-corrected chi connectivity index (χ2v) is 5.61. The average molecular weight is 354 g/mol. The molecule has 140 valence electrons. The second-order valence-electron chi connectivity index (χ2n) is 5.61. The zero-order chi connectivity index (χ0) is 19.0. The number of carboxylic acids is 1. The van der Waals surface area contributed by atoms with Crippen LogP contribution in [0, 0.1) is 5.92 Å². The summed E-state index contributed by atoms with van der Waals surface area (Å²) < 4.78 is 15.9. The molecule has 0 aliphatic carbocycles. The van der Waals surface area contributed by atoms with E-state index in [1.807, 2.05) is 0 Å². The molecule has 0 saturated heterocycles. The lowest BCUT2D eigenvalue weighted by molar-refractivity contribution is -0.141. The summed E-state index contributed by atoms with van der Waals surface area (Å²) in [6, 6.07) is 3.17. The van der Waals surface area contributed by atoms with Gasteiger partial charge in [0.05, 0.1) is 27.2 Å². The third-order valence-corrected chi connectivity index (χ3v) is 3.78. The van der Waals surface area contributed by atoms with Crippen LogP contribution >= 0.6 is 0 Å². The standard InChI is InChI=1S/C17H26N2O6/c1-11(16(20)21)10-19(2)17(22)18-7-6-13-14(24-4)8-12(23-3)9-15(13)25-5/h8-9,11H,6-7,10H2,1-5H3,(H,18,22)(H,20,21). The van der Waals surface area contributed by atoms with Crippen LogP contribution in [-0.4, -0.2) is 63.5 Å². The predicted octanol–water partition coefficient (Wildman–Crippen LogP) is 1.62. The van der Waals surface area contributed by atoms with Gasteiger partial charge < -0.3 is 29.5 Å². The van der Waals surface area contributed by atoms with E-state index in [2.05, 4.69) is 5.32 Å². The maximum Gasteiger partial charge on any atom is 0.317 e. The van der Waals surface area contributed by atoms with E-state index in [0.717, 1.165) is 5.56 Å². The van der Waals surface area contributed by atoms with Gasteiger partial charge in [-0.2, -0.15) is 0 Å². The van der Waals surface area contributed by atoms with Crippen molar-refractivity contribution in [3.05, 3.63) is 17.7 Å². The molecule has 0 bridgehead atoms. The lowest BCUT2D eigenvalue weighted by Crippen LogP contribution is -2.41. The molecule has 0 aromatic heterocycles. The highest BCUT2D eigenvalue weighted by atomic mass is 16.5. The minimum Gasteiger partial charge on any atom is -0.496 e. The lowest BCUT2D eigenvalue weighted by atomic mass is 10.1. The molecule has 1 unspecified atom stereocenters. The predicted molar refractivity (Wildman–Crippen MR) is 92.6 cm³/mol. The largest absolute Gasteiger partial charge is 0.496 e. The van der Waals surface area contributed by atoms with E-state index in [4.69, 9.17) is 19.3 Å². The molecule has 1 aromatic carbocycles. The van der Waals surface area contributed by atoms with E-state index >= 15 is 0 Å². The van der Waals surface area contributed by atoms with Gasteiger partial charge in [0.25, 0.3) is 0 Å². The van der Waals surface area contributed by atoms with Crippen molar-refractivity contribution < 1.29 is 28.9 Å². The molecule has 1 rings (SSSR count). The van der Waals surface area contributed by atoms with Gasteiger partial charge in [0.2, 0.25) is 0 Å². The Labute approximate surface area is 147 Å². The van der Waals surface area contributed by atoms with Gasteiger partial charge in [-0.15, -0.1) is 0 Å². The molecule has 0 saturated carbocycles. The van der Waals surface area contributed by atoms with Crippen molar-refractivity contribution in [2.24, 2.45) is 5.92 Å². The smallest absolute Gasteiger partial charge is 0.317 e. The van der Waals surface area contributed by atoms with Crippen molar-refractivity contribution in [2.45, 2.75) is 13.3 Å². The van der Waals surface area contributed by atoms with Crippen LogP contribution in [0.15, 0.2) is 12.1 Å². The van der Waals surface area contributed by atoms with Gasteiger partial charge in [-0.05, 0) is 6.42 Å². The van der Waals surface area contributed by atoms with Gasteiger partial charge in [0, 0.05) is 37.8 Å². The van der Waals surface area contributed by atoms with Crippen molar-refractivity contribution in [1.82, 2.24) is 10.2 Å². The highest BCUT2D eigenvalue weighted by Gasteiger charge is 2.18. The van der Waals surface area contributed by atoms with E-state index in [9.17, 15) is 9.59 Å². The maximum atomic E-state index is 12.0. The summed E-state index contributed by atoms with van der Waals surface area (Å²) in [6.07, 6.45) is 0.490.